The lowest BCUT2D eigenvalue weighted by Crippen LogP contribution is -2.19. The number of fused-ring (bicyclic) bond motifs is 2. The number of rotatable bonds is 5. The lowest BCUT2D eigenvalue weighted by molar-refractivity contribution is -0.142. The molecule has 5 rings (SSSR count). The quantitative estimate of drug-likeness (QED) is 0.481. The van der Waals surface area contributed by atoms with Gasteiger partial charge in [-0.3, -0.25) is 4.79 Å². The molecular formula is C28H27FO5. The second-order valence-corrected chi connectivity index (χ2v) is 9.33. The molecule has 2 N–H and O–H groups in total. The monoisotopic (exact) mass is 462 g/mol. The zero-order valence-corrected chi connectivity index (χ0v) is 19.4. The van der Waals surface area contributed by atoms with Crippen LogP contribution in [0.4, 0.5) is 4.39 Å². The normalized spacial score (nSPS) is 19.3. The van der Waals surface area contributed by atoms with Crippen LogP contribution < -0.4 is 9.47 Å². The van der Waals surface area contributed by atoms with E-state index in [4.69, 9.17) is 9.47 Å². The molecule has 0 saturated heterocycles. The minimum Gasteiger partial charge on any atom is -0.508 e. The van der Waals surface area contributed by atoms with Crippen LogP contribution in [0.1, 0.15) is 53.2 Å². The molecule has 1 aliphatic carbocycles. The van der Waals surface area contributed by atoms with Gasteiger partial charge in [0.1, 0.15) is 29.2 Å². The number of ether oxygens (including phenoxy) is 2. The molecule has 6 heteroatoms. The topological polar surface area (TPSA) is 76.0 Å². The van der Waals surface area contributed by atoms with Crippen molar-refractivity contribution in [1.29, 1.82) is 0 Å². The molecule has 0 bridgehead atoms. The first-order valence-electron chi connectivity index (χ1n) is 11.5. The third kappa shape index (κ3) is 3.67. The average Bonchev–Trinajstić information content (AvgIpc) is 3.39. The van der Waals surface area contributed by atoms with E-state index in [-0.39, 0.29) is 17.5 Å². The average molecular weight is 463 g/mol. The number of benzene rings is 3. The van der Waals surface area contributed by atoms with Crippen LogP contribution in [0.25, 0.3) is 11.1 Å². The maximum Gasteiger partial charge on any atom is 0.306 e. The van der Waals surface area contributed by atoms with Crippen molar-refractivity contribution >= 4 is 5.97 Å². The summed E-state index contributed by atoms with van der Waals surface area (Å²) in [5.74, 6) is -0.477. The van der Waals surface area contributed by atoms with Gasteiger partial charge in [0, 0.05) is 23.1 Å². The zero-order chi connectivity index (χ0) is 24.1. The van der Waals surface area contributed by atoms with Gasteiger partial charge in [0.15, 0.2) is 0 Å². The van der Waals surface area contributed by atoms with Gasteiger partial charge in [-0.25, -0.2) is 4.39 Å². The molecule has 34 heavy (non-hydrogen) atoms. The second kappa shape index (κ2) is 8.35. The fourth-order valence-electron chi connectivity index (χ4n) is 5.43. The number of phenols is 1. The number of aliphatic carboxylic acids is 1. The van der Waals surface area contributed by atoms with Crippen LogP contribution in [0, 0.1) is 25.6 Å². The first kappa shape index (κ1) is 22.3. The summed E-state index contributed by atoms with van der Waals surface area (Å²) in [5.41, 5.74) is 6.24. The van der Waals surface area contributed by atoms with Gasteiger partial charge in [0.05, 0.1) is 12.5 Å². The molecule has 0 aromatic heterocycles. The molecule has 0 saturated carbocycles. The van der Waals surface area contributed by atoms with Crippen LogP contribution in [0.2, 0.25) is 0 Å². The van der Waals surface area contributed by atoms with Crippen molar-refractivity contribution in [3.8, 4) is 28.4 Å². The maximum atomic E-state index is 15.0. The van der Waals surface area contributed by atoms with Gasteiger partial charge in [0.2, 0.25) is 0 Å². The highest BCUT2D eigenvalue weighted by Crippen LogP contribution is 2.45. The van der Waals surface area contributed by atoms with Crippen molar-refractivity contribution in [2.75, 3.05) is 6.61 Å². The predicted molar refractivity (Wildman–Crippen MR) is 126 cm³/mol. The highest BCUT2D eigenvalue weighted by Gasteiger charge is 2.34. The van der Waals surface area contributed by atoms with E-state index in [1.807, 2.05) is 32.0 Å². The third-order valence-electron chi connectivity index (χ3n) is 7.14. The standard InChI is InChI=1S/C28H27FO5/c1-14-10-17(30)11-15(2)26(14)20-6-8-23(29)27-21(20)7-9-24(27)34-18-4-5-19-22(16(3)28(31)32)13-33-25(19)12-18/h4-6,8,10-12,16,22,24,30H,7,9,13H2,1-3H3,(H,31,32)/t16?,22-,24+/m0/s1. The number of carboxylic acid groups (broad SMARTS) is 1. The van der Waals surface area contributed by atoms with Crippen molar-refractivity contribution in [3.05, 3.63) is 76.1 Å². The van der Waals surface area contributed by atoms with Crippen molar-refractivity contribution in [2.45, 2.75) is 45.6 Å². The number of carbonyl (C=O) groups is 1. The van der Waals surface area contributed by atoms with Gasteiger partial charge in [-0.2, -0.15) is 0 Å². The van der Waals surface area contributed by atoms with E-state index in [0.717, 1.165) is 33.4 Å². The lowest BCUT2D eigenvalue weighted by atomic mass is 9.89. The van der Waals surface area contributed by atoms with E-state index in [9.17, 15) is 15.0 Å². The summed E-state index contributed by atoms with van der Waals surface area (Å²) < 4.78 is 27.0. The van der Waals surface area contributed by atoms with Crippen molar-refractivity contribution in [3.63, 3.8) is 0 Å². The van der Waals surface area contributed by atoms with Gasteiger partial charge in [0.25, 0.3) is 0 Å². The molecule has 1 aliphatic heterocycles. The number of aromatic hydroxyl groups is 1. The fourth-order valence-corrected chi connectivity index (χ4v) is 5.43. The Morgan fingerprint density at radius 2 is 1.88 bits per heavy atom. The molecule has 0 fully saturated rings. The van der Waals surface area contributed by atoms with Gasteiger partial charge in [-0.1, -0.05) is 19.1 Å². The summed E-state index contributed by atoms with van der Waals surface area (Å²) in [7, 11) is 0. The highest BCUT2D eigenvalue weighted by atomic mass is 19.1. The van der Waals surface area contributed by atoms with E-state index >= 15 is 4.39 Å². The Morgan fingerprint density at radius 3 is 2.59 bits per heavy atom. The van der Waals surface area contributed by atoms with E-state index in [1.54, 1.807) is 25.1 Å². The molecule has 176 valence electrons. The molecule has 3 aromatic rings. The molecule has 5 nitrogen and oxygen atoms in total. The molecule has 0 spiro atoms. The van der Waals surface area contributed by atoms with Crippen molar-refractivity contribution < 1.29 is 28.9 Å². The number of hydrogen-bond acceptors (Lipinski definition) is 4. The van der Waals surface area contributed by atoms with E-state index in [0.29, 0.717) is 36.5 Å². The van der Waals surface area contributed by atoms with Crippen LogP contribution >= 0.6 is 0 Å². The summed E-state index contributed by atoms with van der Waals surface area (Å²) >= 11 is 0. The van der Waals surface area contributed by atoms with Crippen LogP contribution in [0.3, 0.4) is 0 Å². The Hall–Kier alpha value is -3.54. The van der Waals surface area contributed by atoms with Crippen LogP contribution in [-0.2, 0) is 11.2 Å². The number of hydrogen-bond donors (Lipinski definition) is 2. The Kier molecular flexibility index (Phi) is 5.47. The van der Waals surface area contributed by atoms with Crippen LogP contribution in [0.15, 0.2) is 42.5 Å². The summed E-state index contributed by atoms with van der Waals surface area (Å²) in [5, 5.41) is 19.3. The Labute approximate surface area is 197 Å². The maximum absolute atomic E-state index is 15.0. The molecule has 0 amide bonds. The van der Waals surface area contributed by atoms with Gasteiger partial charge < -0.3 is 19.7 Å². The minimum atomic E-state index is -0.852. The molecule has 1 heterocycles. The van der Waals surface area contributed by atoms with Crippen molar-refractivity contribution in [1.82, 2.24) is 0 Å². The first-order valence-corrected chi connectivity index (χ1v) is 11.5. The Morgan fingerprint density at radius 1 is 1.15 bits per heavy atom. The van der Waals surface area contributed by atoms with Gasteiger partial charge >= 0.3 is 5.97 Å². The Balaban J connectivity index is 1.46. The predicted octanol–water partition coefficient (Wildman–Crippen LogP) is 6.08. The summed E-state index contributed by atoms with van der Waals surface area (Å²) in [6.07, 6.45) is 0.906. The number of halogens is 1. The minimum absolute atomic E-state index is 0.203. The van der Waals surface area contributed by atoms with Crippen LogP contribution in [0.5, 0.6) is 17.2 Å². The summed E-state index contributed by atoms with van der Waals surface area (Å²) in [6, 6.07) is 12.2. The lowest BCUT2D eigenvalue weighted by Gasteiger charge is -2.19. The molecule has 0 radical (unpaired) electrons. The summed E-state index contributed by atoms with van der Waals surface area (Å²) in [4.78, 5) is 11.4. The van der Waals surface area contributed by atoms with E-state index in [1.165, 1.54) is 6.07 Å². The largest absolute Gasteiger partial charge is 0.508 e. The summed E-state index contributed by atoms with van der Waals surface area (Å²) in [6.45, 7) is 5.90. The smallest absolute Gasteiger partial charge is 0.306 e. The molecule has 3 aromatic carbocycles. The molecule has 2 aliphatic rings. The van der Waals surface area contributed by atoms with E-state index < -0.39 is 18.0 Å². The SMILES string of the molecule is Cc1cc(O)cc(C)c1-c1ccc(F)c2c1CC[C@H]2Oc1ccc2c(c1)OC[C@H]2C(C)C(=O)O. The van der Waals surface area contributed by atoms with Gasteiger partial charge in [-0.15, -0.1) is 0 Å². The number of carboxylic acids is 1. The Bertz CT molecular complexity index is 1280. The highest BCUT2D eigenvalue weighted by molar-refractivity contribution is 5.76. The molecule has 1 unspecified atom stereocenters. The first-order chi connectivity index (χ1) is 16.2. The van der Waals surface area contributed by atoms with Gasteiger partial charge in [-0.05, 0) is 78.8 Å². The van der Waals surface area contributed by atoms with E-state index in [2.05, 4.69) is 0 Å². The zero-order valence-electron chi connectivity index (χ0n) is 19.4. The fraction of sp³-hybridized carbons (Fsp3) is 0.321. The van der Waals surface area contributed by atoms with Crippen molar-refractivity contribution in [2.24, 2.45) is 5.92 Å². The number of phenolic OH excluding ortho intramolecular Hbond substituents is 1. The third-order valence-corrected chi connectivity index (χ3v) is 7.14. The number of aryl methyl sites for hydroxylation is 2. The molecular weight excluding hydrogens is 435 g/mol. The van der Waals surface area contributed by atoms with Crippen LogP contribution in [-0.4, -0.2) is 22.8 Å². The molecule has 3 atom stereocenters. The second-order valence-electron chi connectivity index (χ2n) is 9.33.